The third-order valence-corrected chi connectivity index (χ3v) is 4.20. The third-order valence-electron chi connectivity index (χ3n) is 3.34. The van der Waals surface area contributed by atoms with Crippen molar-refractivity contribution >= 4 is 27.1 Å². The van der Waals surface area contributed by atoms with Crippen LogP contribution < -0.4 is 0 Å². The van der Waals surface area contributed by atoms with E-state index in [4.69, 9.17) is 9.66 Å². The van der Waals surface area contributed by atoms with Gasteiger partial charge in [-0.2, -0.15) is 8.42 Å². The number of hydrogen-bond donors (Lipinski definition) is 5. The average molecular weight is 350 g/mol. The maximum Gasteiger partial charge on any atom is 0.337 e. The maximum atomic E-state index is 11.3. The molecule has 0 aliphatic carbocycles. The van der Waals surface area contributed by atoms with Gasteiger partial charge in [0, 0.05) is 6.07 Å². The molecule has 0 saturated heterocycles. The molecule has 0 spiro atoms. The number of aromatic hydroxyl groups is 2. The van der Waals surface area contributed by atoms with E-state index in [1.54, 1.807) is 6.07 Å². The number of phenolic OH excluding ortho intramolecular Hbond substituents is 2. The SMILES string of the molecule is O=C(O)c1cccc2[nH]c(-c3cc(O)cc(S(=O)(=O)O)c3O)nc12. The maximum absolute atomic E-state index is 11.3. The van der Waals surface area contributed by atoms with Crippen molar-refractivity contribution in [3.63, 3.8) is 0 Å². The van der Waals surface area contributed by atoms with Gasteiger partial charge in [-0.15, -0.1) is 0 Å². The highest BCUT2D eigenvalue weighted by Gasteiger charge is 2.23. The van der Waals surface area contributed by atoms with Crippen LogP contribution in [0.15, 0.2) is 35.2 Å². The Kier molecular flexibility index (Phi) is 3.43. The van der Waals surface area contributed by atoms with E-state index < -0.39 is 32.5 Å². The molecule has 0 saturated carbocycles. The van der Waals surface area contributed by atoms with Gasteiger partial charge >= 0.3 is 5.97 Å². The number of carboxylic acid groups (broad SMARTS) is 1. The van der Waals surface area contributed by atoms with Gasteiger partial charge in [-0.05, 0) is 18.2 Å². The summed E-state index contributed by atoms with van der Waals surface area (Å²) in [4.78, 5) is 17.1. The van der Waals surface area contributed by atoms with E-state index in [1.807, 2.05) is 0 Å². The van der Waals surface area contributed by atoms with Crippen molar-refractivity contribution in [1.82, 2.24) is 9.97 Å². The fourth-order valence-corrected chi connectivity index (χ4v) is 2.93. The first-order valence-electron chi connectivity index (χ1n) is 6.44. The Hall–Kier alpha value is -3.11. The molecule has 0 fully saturated rings. The number of hydrogen-bond acceptors (Lipinski definition) is 6. The number of carbonyl (C=O) groups is 1. The number of fused-ring (bicyclic) bond motifs is 1. The normalized spacial score (nSPS) is 11.7. The number of phenols is 2. The molecule has 9 nitrogen and oxygen atoms in total. The summed E-state index contributed by atoms with van der Waals surface area (Å²) in [5, 5.41) is 28.9. The van der Waals surface area contributed by atoms with Crippen LogP contribution >= 0.6 is 0 Å². The van der Waals surface area contributed by atoms with Gasteiger partial charge in [0.05, 0.1) is 16.6 Å². The number of carboxylic acids is 1. The predicted octanol–water partition coefficient (Wildman–Crippen LogP) is 1.59. The van der Waals surface area contributed by atoms with E-state index in [0.29, 0.717) is 11.6 Å². The van der Waals surface area contributed by atoms with Crippen molar-refractivity contribution < 1.29 is 33.1 Å². The summed E-state index contributed by atoms with van der Waals surface area (Å²) in [7, 11) is -4.78. The van der Waals surface area contributed by atoms with Gasteiger partial charge in [0.1, 0.15) is 27.7 Å². The Labute approximate surface area is 134 Å². The minimum Gasteiger partial charge on any atom is -0.508 e. The number of nitrogens with zero attached hydrogens (tertiary/aromatic N) is 1. The second-order valence-electron chi connectivity index (χ2n) is 4.91. The highest BCUT2D eigenvalue weighted by Crippen LogP contribution is 2.37. The summed E-state index contributed by atoms with van der Waals surface area (Å²) in [6.45, 7) is 0. The molecule has 10 heteroatoms. The van der Waals surface area contributed by atoms with E-state index in [0.717, 1.165) is 6.07 Å². The molecule has 0 radical (unpaired) electrons. The van der Waals surface area contributed by atoms with Crippen LogP contribution in [0.3, 0.4) is 0 Å². The number of nitrogens with one attached hydrogen (secondary N) is 1. The van der Waals surface area contributed by atoms with Crippen LogP contribution in [0, 0.1) is 0 Å². The fourth-order valence-electron chi connectivity index (χ4n) is 2.30. The summed E-state index contributed by atoms with van der Waals surface area (Å²) in [5.74, 6) is -2.64. The molecule has 0 atom stereocenters. The van der Waals surface area contributed by atoms with Gasteiger partial charge in [0.2, 0.25) is 0 Å². The first-order chi connectivity index (χ1) is 11.2. The molecule has 5 N–H and O–H groups in total. The molecule has 0 aliphatic heterocycles. The van der Waals surface area contributed by atoms with Gasteiger partial charge in [0.25, 0.3) is 10.1 Å². The average Bonchev–Trinajstić information content (AvgIpc) is 2.91. The number of rotatable bonds is 3. The highest BCUT2D eigenvalue weighted by molar-refractivity contribution is 7.86. The number of benzene rings is 2. The number of aromatic nitrogens is 2. The Balaban J connectivity index is 2.31. The van der Waals surface area contributed by atoms with Crippen molar-refractivity contribution in [2.75, 3.05) is 0 Å². The minimum absolute atomic E-state index is 0.0722. The molecule has 3 rings (SSSR count). The summed E-state index contributed by atoms with van der Waals surface area (Å²) in [6, 6.07) is 6.07. The van der Waals surface area contributed by atoms with Crippen LogP contribution in [-0.4, -0.2) is 44.2 Å². The summed E-state index contributed by atoms with van der Waals surface area (Å²) >= 11 is 0. The van der Waals surface area contributed by atoms with Crippen LogP contribution in [0.1, 0.15) is 10.4 Å². The van der Waals surface area contributed by atoms with Gasteiger partial charge < -0.3 is 20.3 Å². The van der Waals surface area contributed by atoms with Crippen LogP contribution in [0.25, 0.3) is 22.4 Å². The number of aromatic carboxylic acids is 1. The monoisotopic (exact) mass is 350 g/mol. The lowest BCUT2D eigenvalue weighted by Crippen LogP contribution is -1.99. The number of aromatic amines is 1. The quantitative estimate of drug-likeness (QED) is 0.351. The van der Waals surface area contributed by atoms with E-state index in [2.05, 4.69) is 9.97 Å². The highest BCUT2D eigenvalue weighted by atomic mass is 32.2. The number of H-pyrrole nitrogens is 1. The van der Waals surface area contributed by atoms with Gasteiger partial charge in [-0.25, -0.2) is 9.78 Å². The van der Waals surface area contributed by atoms with Crippen molar-refractivity contribution in [3.05, 3.63) is 35.9 Å². The zero-order valence-corrected chi connectivity index (χ0v) is 12.6. The molecule has 0 amide bonds. The second kappa shape index (κ2) is 5.22. The fraction of sp³-hybridized carbons (Fsp3) is 0. The summed E-state index contributed by atoms with van der Waals surface area (Å²) in [6.07, 6.45) is 0. The van der Waals surface area contributed by atoms with Gasteiger partial charge in [-0.1, -0.05) is 6.07 Å². The zero-order chi connectivity index (χ0) is 17.6. The molecular weight excluding hydrogens is 340 g/mol. The lowest BCUT2D eigenvalue weighted by molar-refractivity contribution is 0.0699. The first-order valence-corrected chi connectivity index (χ1v) is 7.88. The summed E-state index contributed by atoms with van der Waals surface area (Å²) < 4.78 is 31.7. The third kappa shape index (κ3) is 2.53. The van der Waals surface area contributed by atoms with Gasteiger partial charge in [-0.3, -0.25) is 4.55 Å². The lowest BCUT2D eigenvalue weighted by Gasteiger charge is -2.07. The molecule has 0 aliphatic rings. The number of imidazole rings is 1. The topological polar surface area (TPSA) is 161 Å². The van der Waals surface area contributed by atoms with Crippen LogP contribution in [0.4, 0.5) is 0 Å². The molecule has 0 bridgehead atoms. The Morgan fingerprint density at radius 3 is 2.50 bits per heavy atom. The van der Waals surface area contributed by atoms with Gasteiger partial charge in [0.15, 0.2) is 0 Å². The van der Waals surface area contributed by atoms with E-state index in [9.17, 15) is 23.4 Å². The molecular formula is C14H10N2O7S. The zero-order valence-electron chi connectivity index (χ0n) is 11.8. The second-order valence-corrected chi connectivity index (χ2v) is 6.30. The number of para-hydroxylation sites is 1. The Morgan fingerprint density at radius 2 is 1.88 bits per heavy atom. The Bertz CT molecular complexity index is 1090. The largest absolute Gasteiger partial charge is 0.508 e. The van der Waals surface area contributed by atoms with E-state index in [1.165, 1.54) is 12.1 Å². The van der Waals surface area contributed by atoms with Crippen LogP contribution in [0.2, 0.25) is 0 Å². The molecule has 1 aromatic heterocycles. The van der Waals surface area contributed by atoms with Crippen molar-refractivity contribution in [3.8, 4) is 22.9 Å². The summed E-state index contributed by atoms with van der Waals surface area (Å²) in [5.41, 5.74) is 0.122. The molecule has 124 valence electrons. The van der Waals surface area contributed by atoms with E-state index >= 15 is 0 Å². The standard InChI is InChI=1S/C14H10N2O7S/c17-6-4-8(12(18)10(5-6)24(21,22)23)13-15-9-3-1-2-7(14(19)20)11(9)16-13/h1-5,17-18H,(H,15,16)(H,19,20)(H,21,22,23). The van der Waals surface area contributed by atoms with Crippen LogP contribution in [-0.2, 0) is 10.1 Å². The molecule has 2 aromatic carbocycles. The van der Waals surface area contributed by atoms with Crippen molar-refractivity contribution in [1.29, 1.82) is 0 Å². The predicted molar refractivity (Wildman–Crippen MR) is 81.6 cm³/mol. The smallest absolute Gasteiger partial charge is 0.337 e. The lowest BCUT2D eigenvalue weighted by atomic mass is 10.2. The minimum atomic E-state index is -4.78. The molecule has 3 aromatic rings. The van der Waals surface area contributed by atoms with Crippen LogP contribution in [0.5, 0.6) is 11.5 Å². The van der Waals surface area contributed by atoms with Crippen molar-refractivity contribution in [2.45, 2.75) is 4.90 Å². The molecule has 1 heterocycles. The molecule has 0 unspecified atom stereocenters. The Morgan fingerprint density at radius 1 is 1.17 bits per heavy atom. The first kappa shape index (κ1) is 15.8. The van der Waals surface area contributed by atoms with E-state index in [-0.39, 0.29) is 22.5 Å². The van der Waals surface area contributed by atoms with Crippen molar-refractivity contribution in [2.24, 2.45) is 0 Å². The molecule has 24 heavy (non-hydrogen) atoms.